The summed E-state index contributed by atoms with van der Waals surface area (Å²) in [5.74, 6) is -0.952. The Morgan fingerprint density at radius 3 is 2.80 bits per heavy atom. The van der Waals surface area contributed by atoms with Crippen LogP contribution in [-0.4, -0.2) is 17.4 Å². The van der Waals surface area contributed by atoms with Crippen LogP contribution < -0.4 is 5.32 Å². The standard InChI is InChI=1S/C15H22ClFN2O/c1-4-5-6-7-15(2,3)10-19-14(20)12-8-11(17)9-18-13(12)16/h8-9H,4-7,10H2,1-3H3,(H,19,20). The number of amides is 1. The van der Waals surface area contributed by atoms with Gasteiger partial charge < -0.3 is 5.32 Å². The molecule has 0 saturated heterocycles. The molecule has 0 saturated carbocycles. The first-order valence-electron chi connectivity index (χ1n) is 6.95. The van der Waals surface area contributed by atoms with Crippen LogP contribution in [0, 0.1) is 11.2 Å². The monoisotopic (exact) mass is 300 g/mol. The maximum atomic E-state index is 13.1. The molecule has 1 rings (SSSR count). The molecule has 0 atom stereocenters. The maximum absolute atomic E-state index is 13.1. The minimum absolute atomic E-state index is 0.0120. The van der Waals surface area contributed by atoms with Crippen LogP contribution in [0.1, 0.15) is 56.8 Å². The fraction of sp³-hybridized carbons (Fsp3) is 0.600. The minimum Gasteiger partial charge on any atom is -0.351 e. The van der Waals surface area contributed by atoms with Crippen LogP contribution in [0.3, 0.4) is 0 Å². The minimum atomic E-state index is -0.568. The SMILES string of the molecule is CCCCCC(C)(C)CNC(=O)c1cc(F)cnc1Cl. The summed E-state index contributed by atoms with van der Waals surface area (Å²) in [5.41, 5.74) is 0.0916. The van der Waals surface area contributed by atoms with Gasteiger partial charge in [-0.3, -0.25) is 4.79 Å². The summed E-state index contributed by atoms with van der Waals surface area (Å²) < 4.78 is 13.1. The van der Waals surface area contributed by atoms with Gasteiger partial charge in [-0.1, -0.05) is 51.6 Å². The molecule has 0 aliphatic heterocycles. The molecular formula is C15H22ClFN2O. The molecule has 3 nitrogen and oxygen atoms in total. The van der Waals surface area contributed by atoms with E-state index in [0.29, 0.717) is 6.54 Å². The van der Waals surface area contributed by atoms with E-state index in [4.69, 9.17) is 11.6 Å². The van der Waals surface area contributed by atoms with Crippen molar-refractivity contribution in [3.05, 3.63) is 28.8 Å². The second-order valence-corrected chi connectivity index (χ2v) is 6.15. The van der Waals surface area contributed by atoms with E-state index < -0.39 is 5.82 Å². The number of hydrogen-bond donors (Lipinski definition) is 1. The molecular weight excluding hydrogens is 279 g/mol. The van der Waals surface area contributed by atoms with Crippen molar-refractivity contribution in [2.75, 3.05) is 6.54 Å². The lowest BCUT2D eigenvalue weighted by Crippen LogP contribution is -2.34. The summed E-state index contributed by atoms with van der Waals surface area (Å²) >= 11 is 5.80. The molecule has 0 aromatic carbocycles. The van der Waals surface area contributed by atoms with E-state index in [1.54, 1.807) is 0 Å². The van der Waals surface area contributed by atoms with E-state index >= 15 is 0 Å². The summed E-state index contributed by atoms with van der Waals surface area (Å²) in [7, 11) is 0. The third kappa shape index (κ3) is 5.45. The lowest BCUT2D eigenvalue weighted by molar-refractivity contribution is 0.0933. The Morgan fingerprint density at radius 2 is 2.15 bits per heavy atom. The van der Waals surface area contributed by atoms with Gasteiger partial charge in [-0.05, 0) is 17.9 Å². The van der Waals surface area contributed by atoms with Crippen molar-refractivity contribution >= 4 is 17.5 Å². The van der Waals surface area contributed by atoms with Gasteiger partial charge in [-0.15, -0.1) is 0 Å². The van der Waals surface area contributed by atoms with Gasteiger partial charge in [0.05, 0.1) is 11.8 Å². The van der Waals surface area contributed by atoms with Crippen LogP contribution in [0.25, 0.3) is 0 Å². The van der Waals surface area contributed by atoms with Gasteiger partial charge >= 0.3 is 0 Å². The van der Waals surface area contributed by atoms with E-state index in [1.165, 1.54) is 12.8 Å². The molecule has 0 fully saturated rings. The summed E-state index contributed by atoms with van der Waals surface area (Å²) in [4.78, 5) is 15.6. The van der Waals surface area contributed by atoms with Gasteiger partial charge in [0.25, 0.3) is 5.91 Å². The molecule has 0 aliphatic rings. The van der Waals surface area contributed by atoms with Crippen LogP contribution >= 0.6 is 11.6 Å². The highest BCUT2D eigenvalue weighted by Gasteiger charge is 2.20. The molecule has 1 heterocycles. The Balaban J connectivity index is 2.56. The Kier molecular flexibility index (Phi) is 6.40. The van der Waals surface area contributed by atoms with Gasteiger partial charge in [0.2, 0.25) is 0 Å². The summed E-state index contributed by atoms with van der Waals surface area (Å²) in [6.07, 6.45) is 5.54. The fourth-order valence-corrected chi connectivity index (χ4v) is 2.13. The number of nitrogens with zero attached hydrogens (tertiary/aromatic N) is 1. The number of carbonyl (C=O) groups excluding carboxylic acids is 1. The molecule has 1 aromatic heterocycles. The Hall–Kier alpha value is -1.16. The zero-order chi connectivity index (χ0) is 15.2. The Bertz CT molecular complexity index is 463. The molecule has 1 amide bonds. The van der Waals surface area contributed by atoms with Crippen LogP contribution in [0.15, 0.2) is 12.3 Å². The number of unbranched alkanes of at least 4 members (excludes halogenated alkanes) is 2. The van der Waals surface area contributed by atoms with Crippen LogP contribution in [-0.2, 0) is 0 Å². The van der Waals surface area contributed by atoms with Crippen LogP contribution in [0.5, 0.6) is 0 Å². The zero-order valence-corrected chi connectivity index (χ0v) is 13.1. The second-order valence-electron chi connectivity index (χ2n) is 5.80. The number of halogens is 2. The van der Waals surface area contributed by atoms with E-state index in [1.807, 2.05) is 0 Å². The Labute approximate surface area is 124 Å². The number of carbonyl (C=O) groups is 1. The van der Waals surface area contributed by atoms with Gasteiger partial charge in [0, 0.05) is 6.54 Å². The highest BCUT2D eigenvalue weighted by Crippen LogP contribution is 2.23. The van der Waals surface area contributed by atoms with Crippen molar-refractivity contribution in [1.82, 2.24) is 10.3 Å². The molecule has 5 heteroatoms. The number of nitrogens with one attached hydrogen (secondary N) is 1. The first-order chi connectivity index (χ1) is 9.35. The molecule has 0 unspecified atom stereocenters. The molecule has 0 spiro atoms. The molecule has 112 valence electrons. The van der Waals surface area contributed by atoms with Crippen LogP contribution in [0.4, 0.5) is 4.39 Å². The van der Waals surface area contributed by atoms with Crippen molar-refractivity contribution in [2.24, 2.45) is 5.41 Å². The van der Waals surface area contributed by atoms with Crippen molar-refractivity contribution in [3.8, 4) is 0 Å². The van der Waals surface area contributed by atoms with Gasteiger partial charge in [0.15, 0.2) is 0 Å². The molecule has 20 heavy (non-hydrogen) atoms. The molecule has 0 bridgehead atoms. The number of rotatable bonds is 7. The van der Waals surface area contributed by atoms with Crippen molar-refractivity contribution in [2.45, 2.75) is 46.5 Å². The van der Waals surface area contributed by atoms with Crippen molar-refractivity contribution in [1.29, 1.82) is 0 Å². The molecule has 0 aliphatic carbocycles. The summed E-state index contributed by atoms with van der Waals surface area (Å²) in [6, 6.07) is 1.11. The summed E-state index contributed by atoms with van der Waals surface area (Å²) in [6.45, 7) is 6.90. The normalized spacial score (nSPS) is 11.4. The smallest absolute Gasteiger partial charge is 0.254 e. The second kappa shape index (κ2) is 7.58. The third-order valence-corrected chi connectivity index (χ3v) is 3.54. The highest BCUT2D eigenvalue weighted by atomic mass is 35.5. The van der Waals surface area contributed by atoms with Crippen molar-refractivity contribution in [3.63, 3.8) is 0 Å². The summed E-state index contributed by atoms with van der Waals surface area (Å²) in [5, 5.41) is 2.83. The fourth-order valence-electron chi connectivity index (χ4n) is 1.94. The average Bonchev–Trinajstić information content (AvgIpc) is 2.39. The maximum Gasteiger partial charge on any atom is 0.254 e. The Morgan fingerprint density at radius 1 is 1.45 bits per heavy atom. The zero-order valence-electron chi connectivity index (χ0n) is 12.3. The predicted molar refractivity (Wildman–Crippen MR) is 79.5 cm³/mol. The van der Waals surface area contributed by atoms with E-state index in [9.17, 15) is 9.18 Å². The van der Waals surface area contributed by atoms with E-state index in [0.717, 1.165) is 25.1 Å². The van der Waals surface area contributed by atoms with E-state index in [-0.39, 0.29) is 22.0 Å². The van der Waals surface area contributed by atoms with Crippen molar-refractivity contribution < 1.29 is 9.18 Å². The number of pyridine rings is 1. The lowest BCUT2D eigenvalue weighted by atomic mass is 9.87. The highest BCUT2D eigenvalue weighted by molar-refractivity contribution is 6.32. The van der Waals surface area contributed by atoms with Gasteiger partial charge in [-0.25, -0.2) is 9.37 Å². The first kappa shape index (κ1) is 16.9. The van der Waals surface area contributed by atoms with E-state index in [2.05, 4.69) is 31.1 Å². The lowest BCUT2D eigenvalue weighted by Gasteiger charge is -2.25. The quantitative estimate of drug-likeness (QED) is 0.605. The number of hydrogen-bond acceptors (Lipinski definition) is 2. The molecule has 1 N–H and O–H groups in total. The van der Waals surface area contributed by atoms with Crippen LogP contribution in [0.2, 0.25) is 5.15 Å². The van der Waals surface area contributed by atoms with Gasteiger partial charge in [-0.2, -0.15) is 0 Å². The largest absolute Gasteiger partial charge is 0.351 e. The predicted octanol–water partition coefficient (Wildman–Crippen LogP) is 4.21. The topological polar surface area (TPSA) is 42.0 Å². The molecule has 1 aromatic rings. The number of aromatic nitrogens is 1. The first-order valence-corrected chi connectivity index (χ1v) is 7.33. The van der Waals surface area contributed by atoms with Gasteiger partial charge in [0.1, 0.15) is 11.0 Å². The average molecular weight is 301 g/mol. The molecule has 0 radical (unpaired) electrons. The third-order valence-electron chi connectivity index (χ3n) is 3.23.